The first kappa shape index (κ1) is 20.3. The minimum Gasteiger partial charge on any atom is -0.481 e. The smallest absolute Gasteiger partial charge is 0.306 e. The number of hydrogen-bond acceptors (Lipinski definition) is 3. The Bertz CT molecular complexity index is 1060. The third-order valence-electron chi connectivity index (χ3n) is 6.55. The number of aliphatic carboxylic acids is 1. The van der Waals surface area contributed by atoms with Crippen molar-refractivity contribution in [1.82, 2.24) is 4.57 Å². The molecule has 0 fully saturated rings. The number of carboxylic acid groups (broad SMARTS) is 1. The van der Waals surface area contributed by atoms with Gasteiger partial charge in [-0.3, -0.25) is 4.79 Å². The Kier molecular flexibility index (Phi) is 5.98. The first-order chi connectivity index (χ1) is 14.6. The quantitative estimate of drug-likeness (QED) is 0.498. The van der Waals surface area contributed by atoms with Crippen LogP contribution in [0.5, 0.6) is 0 Å². The van der Waals surface area contributed by atoms with Crippen molar-refractivity contribution in [2.45, 2.75) is 51.0 Å². The summed E-state index contributed by atoms with van der Waals surface area (Å²) in [5, 5.41) is 14.3. The van der Waals surface area contributed by atoms with Crippen molar-refractivity contribution >= 4 is 16.9 Å². The van der Waals surface area contributed by atoms with Crippen LogP contribution in [0.1, 0.15) is 54.1 Å². The molecule has 30 heavy (non-hydrogen) atoms. The zero-order chi connectivity index (χ0) is 21.1. The van der Waals surface area contributed by atoms with Crippen molar-refractivity contribution in [3.63, 3.8) is 0 Å². The zero-order valence-corrected chi connectivity index (χ0v) is 17.4. The average molecular weight is 405 g/mol. The second-order valence-corrected chi connectivity index (χ2v) is 8.38. The lowest BCUT2D eigenvalue weighted by Crippen LogP contribution is -2.17. The van der Waals surface area contributed by atoms with E-state index in [1.807, 2.05) is 42.5 Å². The number of aromatic nitrogens is 1. The standard InChI is InChI=1S/C25H28N2O3/c1-27-23-10-6-5-9-20(23)21-14-13-18(16-24(21)27)22(26-30)15-19(25(28)29)12-11-17-7-3-2-4-8-17/h2-4,7-8,13-14,16,19,22H,5-6,9-12,15H2,1H3,(H,28,29). The Hall–Kier alpha value is -2.95. The fourth-order valence-electron chi connectivity index (χ4n) is 4.82. The number of nitrogens with zero attached hydrogens (tertiary/aromatic N) is 2. The molecule has 0 spiro atoms. The van der Waals surface area contributed by atoms with Gasteiger partial charge in [-0.2, -0.15) is 4.91 Å². The van der Waals surface area contributed by atoms with Crippen LogP contribution in [0.4, 0.5) is 0 Å². The summed E-state index contributed by atoms with van der Waals surface area (Å²) in [5.74, 6) is -1.47. The van der Waals surface area contributed by atoms with Crippen molar-refractivity contribution in [2.24, 2.45) is 18.1 Å². The Labute approximate surface area is 176 Å². The number of fused-ring (bicyclic) bond motifs is 3. The number of carboxylic acids is 1. The van der Waals surface area contributed by atoms with Crippen LogP contribution in [0, 0.1) is 10.8 Å². The largest absolute Gasteiger partial charge is 0.481 e. The van der Waals surface area contributed by atoms with E-state index in [1.165, 1.54) is 29.5 Å². The molecule has 0 saturated heterocycles. The molecule has 156 valence electrons. The van der Waals surface area contributed by atoms with E-state index >= 15 is 0 Å². The lowest BCUT2D eigenvalue weighted by atomic mass is 9.90. The highest BCUT2D eigenvalue weighted by Gasteiger charge is 2.26. The maximum Gasteiger partial charge on any atom is 0.306 e. The topological polar surface area (TPSA) is 71.7 Å². The third-order valence-corrected chi connectivity index (χ3v) is 6.55. The van der Waals surface area contributed by atoms with Gasteiger partial charge in [-0.15, -0.1) is 0 Å². The van der Waals surface area contributed by atoms with Gasteiger partial charge in [-0.1, -0.05) is 47.6 Å². The fourth-order valence-corrected chi connectivity index (χ4v) is 4.82. The average Bonchev–Trinajstić information content (AvgIpc) is 3.06. The third kappa shape index (κ3) is 4.02. The van der Waals surface area contributed by atoms with Crippen LogP contribution in [-0.2, 0) is 31.1 Å². The molecule has 1 N–H and O–H groups in total. The number of carbonyl (C=O) groups is 1. The van der Waals surface area contributed by atoms with E-state index in [-0.39, 0.29) is 6.42 Å². The predicted octanol–water partition coefficient (Wildman–Crippen LogP) is 5.59. The highest BCUT2D eigenvalue weighted by molar-refractivity contribution is 5.86. The molecule has 2 unspecified atom stereocenters. The lowest BCUT2D eigenvalue weighted by molar-refractivity contribution is -0.142. The number of benzene rings is 2. The SMILES string of the molecule is Cn1c2c(c3ccc(C(CC(CCc4ccccc4)C(=O)O)N=O)cc31)CCCC2. The molecule has 0 radical (unpaired) electrons. The summed E-state index contributed by atoms with van der Waals surface area (Å²) in [5.41, 5.74) is 5.84. The number of aryl methyl sites for hydroxylation is 3. The summed E-state index contributed by atoms with van der Waals surface area (Å²) in [6.45, 7) is 0. The second-order valence-electron chi connectivity index (χ2n) is 8.38. The van der Waals surface area contributed by atoms with E-state index in [2.05, 4.69) is 22.9 Å². The first-order valence-electron chi connectivity index (χ1n) is 10.8. The maximum atomic E-state index is 11.9. The minimum absolute atomic E-state index is 0.224. The molecule has 5 nitrogen and oxygen atoms in total. The molecule has 4 rings (SSSR count). The Morgan fingerprint density at radius 2 is 1.90 bits per heavy atom. The van der Waals surface area contributed by atoms with Gasteiger partial charge in [-0.05, 0) is 67.7 Å². The molecule has 2 aromatic carbocycles. The van der Waals surface area contributed by atoms with E-state index in [4.69, 9.17) is 0 Å². The highest BCUT2D eigenvalue weighted by atomic mass is 16.4. The van der Waals surface area contributed by atoms with Crippen LogP contribution in [0.15, 0.2) is 53.7 Å². The van der Waals surface area contributed by atoms with Crippen LogP contribution >= 0.6 is 0 Å². The Morgan fingerprint density at radius 3 is 2.63 bits per heavy atom. The van der Waals surface area contributed by atoms with Crippen molar-refractivity contribution in [2.75, 3.05) is 0 Å². The van der Waals surface area contributed by atoms with E-state index in [0.717, 1.165) is 29.5 Å². The highest BCUT2D eigenvalue weighted by Crippen LogP contribution is 2.35. The van der Waals surface area contributed by atoms with Crippen LogP contribution < -0.4 is 0 Å². The normalized spacial score (nSPS) is 15.5. The molecule has 5 heteroatoms. The van der Waals surface area contributed by atoms with Gasteiger partial charge >= 0.3 is 5.97 Å². The molecular formula is C25H28N2O3. The first-order valence-corrected chi connectivity index (χ1v) is 10.8. The Morgan fingerprint density at radius 1 is 1.13 bits per heavy atom. The van der Waals surface area contributed by atoms with E-state index in [9.17, 15) is 14.8 Å². The van der Waals surface area contributed by atoms with E-state index < -0.39 is 17.9 Å². The van der Waals surface area contributed by atoms with Gasteiger partial charge in [-0.25, -0.2) is 0 Å². The minimum atomic E-state index is -0.866. The van der Waals surface area contributed by atoms with Gasteiger partial charge < -0.3 is 9.67 Å². The van der Waals surface area contributed by atoms with Crippen LogP contribution in [-0.4, -0.2) is 15.6 Å². The lowest BCUT2D eigenvalue weighted by Gasteiger charge is -2.17. The van der Waals surface area contributed by atoms with E-state index in [1.54, 1.807) is 0 Å². The van der Waals surface area contributed by atoms with Gasteiger partial charge in [0, 0.05) is 23.6 Å². The van der Waals surface area contributed by atoms with Crippen LogP contribution in [0.25, 0.3) is 10.9 Å². The van der Waals surface area contributed by atoms with Gasteiger partial charge in [0.1, 0.15) is 6.04 Å². The molecule has 0 aliphatic heterocycles. The summed E-state index contributed by atoms with van der Waals surface area (Å²) in [7, 11) is 2.08. The van der Waals surface area contributed by atoms with Crippen LogP contribution in [0.2, 0.25) is 0 Å². The number of rotatable bonds is 8. The summed E-state index contributed by atoms with van der Waals surface area (Å²) in [6.07, 6.45) is 6.01. The van der Waals surface area contributed by atoms with Crippen LogP contribution in [0.3, 0.4) is 0 Å². The van der Waals surface area contributed by atoms with E-state index in [0.29, 0.717) is 12.8 Å². The predicted molar refractivity (Wildman–Crippen MR) is 119 cm³/mol. The summed E-state index contributed by atoms with van der Waals surface area (Å²) >= 11 is 0. The summed E-state index contributed by atoms with van der Waals surface area (Å²) in [6, 6.07) is 15.3. The molecule has 1 aromatic heterocycles. The summed E-state index contributed by atoms with van der Waals surface area (Å²) < 4.78 is 2.24. The molecule has 3 aromatic rings. The van der Waals surface area contributed by atoms with Crippen molar-refractivity contribution in [1.29, 1.82) is 0 Å². The molecule has 0 saturated carbocycles. The van der Waals surface area contributed by atoms with Crippen molar-refractivity contribution < 1.29 is 9.90 Å². The maximum absolute atomic E-state index is 11.9. The van der Waals surface area contributed by atoms with Crippen molar-refractivity contribution in [3.8, 4) is 0 Å². The molecular weight excluding hydrogens is 376 g/mol. The van der Waals surface area contributed by atoms with Gasteiger partial charge in [0.25, 0.3) is 0 Å². The molecule has 0 bridgehead atoms. The molecule has 2 atom stereocenters. The monoisotopic (exact) mass is 404 g/mol. The van der Waals surface area contributed by atoms with Gasteiger partial charge in [0.2, 0.25) is 0 Å². The zero-order valence-electron chi connectivity index (χ0n) is 17.4. The van der Waals surface area contributed by atoms with Gasteiger partial charge in [0.05, 0.1) is 5.92 Å². The molecule has 1 aliphatic carbocycles. The Balaban J connectivity index is 1.56. The molecule has 1 aliphatic rings. The number of hydrogen-bond donors (Lipinski definition) is 1. The fraction of sp³-hybridized carbons (Fsp3) is 0.400. The number of nitroso groups, excluding NO2 is 1. The van der Waals surface area contributed by atoms with Gasteiger partial charge in [0.15, 0.2) is 0 Å². The van der Waals surface area contributed by atoms with Crippen molar-refractivity contribution in [3.05, 3.63) is 75.8 Å². The summed E-state index contributed by atoms with van der Waals surface area (Å²) in [4.78, 5) is 23.6. The molecule has 1 heterocycles. The second kappa shape index (κ2) is 8.82. The molecule has 0 amide bonds.